The first-order valence-corrected chi connectivity index (χ1v) is 6.42. The second kappa shape index (κ2) is 5.93. The maximum Gasteiger partial charge on any atom is 0.317 e. The van der Waals surface area contributed by atoms with E-state index in [1.54, 1.807) is 11.0 Å². The summed E-state index contributed by atoms with van der Waals surface area (Å²) >= 11 is 5.99. The highest BCUT2D eigenvalue weighted by molar-refractivity contribution is 6.31. The molecule has 19 heavy (non-hydrogen) atoms. The molecule has 102 valence electrons. The minimum atomic E-state index is -0.818. The van der Waals surface area contributed by atoms with Gasteiger partial charge in [0.15, 0.2) is 0 Å². The van der Waals surface area contributed by atoms with Crippen molar-refractivity contribution in [2.24, 2.45) is 5.92 Å². The maximum absolute atomic E-state index is 11.8. The number of likely N-dealkylation sites (tertiary alicyclic amines) is 1. The van der Waals surface area contributed by atoms with Crippen LogP contribution >= 0.6 is 11.6 Å². The normalized spacial score (nSPS) is 14.9. The average molecular weight is 283 g/mol. The molecule has 1 aliphatic heterocycles. The van der Waals surface area contributed by atoms with Gasteiger partial charge in [-0.05, 0) is 11.6 Å². The van der Waals surface area contributed by atoms with Crippen molar-refractivity contribution in [2.75, 3.05) is 13.1 Å². The standard InChI is InChI=1S/C13H15ClN2O3/c14-11-4-2-1-3-10(11)6-15-13(19)16-7-9(8-16)5-12(17)18/h1-4,9H,5-8H2,(H,15,19)(H,17,18). The number of carboxylic acids is 1. The molecule has 0 unspecified atom stereocenters. The fourth-order valence-electron chi connectivity index (χ4n) is 2.04. The molecule has 1 heterocycles. The van der Waals surface area contributed by atoms with Gasteiger partial charge in [0.1, 0.15) is 0 Å². The second-order valence-corrected chi connectivity index (χ2v) is 5.03. The van der Waals surface area contributed by atoms with E-state index in [2.05, 4.69) is 5.32 Å². The lowest BCUT2D eigenvalue weighted by molar-refractivity contribution is -0.139. The number of aliphatic carboxylic acids is 1. The number of urea groups is 1. The third kappa shape index (κ3) is 3.61. The van der Waals surface area contributed by atoms with Crippen LogP contribution in [-0.2, 0) is 11.3 Å². The summed E-state index contributed by atoms with van der Waals surface area (Å²) in [5.74, 6) is -0.746. The zero-order valence-corrected chi connectivity index (χ0v) is 11.1. The zero-order chi connectivity index (χ0) is 13.8. The summed E-state index contributed by atoms with van der Waals surface area (Å²) in [6.45, 7) is 1.37. The smallest absolute Gasteiger partial charge is 0.317 e. The van der Waals surface area contributed by atoms with Crippen LogP contribution < -0.4 is 5.32 Å². The number of carbonyl (C=O) groups excluding carboxylic acids is 1. The summed E-state index contributed by atoms with van der Waals surface area (Å²) in [5, 5.41) is 12.0. The summed E-state index contributed by atoms with van der Waals surface area (Å²) in [6.07, 6.45) is 0.119. The maximum atomic E-state index is 11.8. The van der Waals surface area contributed by atoms with Crippen LogP contribution in [0, 0.1) is 5.92 Å². The molecule has 1 aliphatic rings. The van der Waals surface area contributed by atoms with E-state index in [0.717, 1.165) is 5.56 Å². The number of carboxylic acid groups (broad SMARTS) is 1. The van der Waals surface area contributed by atoms with Crippen LogP contribution in [0.15, 0.2) is 24.3 Å². The lowest BCUT2D eigenvalue weighted by Crippen LogP contribution is -2.54. The Labute approximate surface area is 116 Å². The van der Waals surface area contributed by atoms with Crippen molar-refractivity contribution in [1.82, 2.24) is 10.2 Å². The first-order valence-electron chi connectivity index (χ1n) is 6.04. The fraction of sp³-hybridized carbons (Fsp3) is 0.385. The lowest BCUT2D eigenvalue weighted by Gasteiger charge is -2.38. The van der Waals surface area contributed by atoms with Crippen molar-refractivity contribution in [1.29, 1.82) is 0 Å². The molecule has 0 aliphatic carbocycles. The quantitative estimate of drug-likeness (QED) is 0.887. The van der Waals surface area contributed by atoms with Gasteiger partial charge < -0.3 is 15.3 Å². The topological polar surface area (TPSA) is 69.6 Å². The number of amides is 2. The van der Waals surface area contributed by atoms with Crippen molar-refractivity contribution in [3.05, 3.63) is 34.9 Å². The van der Waals surface area contributed by atoms with E-state index in [0.29, 0.717) is 24.7 Å². The summed E-state index contributed by atoms with van der Waals surface area (Å²) in [6, 6.07) is 7.14. The number of halogens is 1. The Kier molecular flexibility index (Phi) is 4.27. The van der Waals surface area contributed by atoms with E-state index in [4.69, 9.17) is 16.7 Å². The van der Waals surface area contributed by atoms with E-state index in [1.165, 1.54) is 0 Å². The van der Waals surface area contributed by atoms with Gasteiger partial charge in [-0.25, -0.2) is 4.79 Å². The van der Waals surface area contributed by atoms with Gasteiger partial charge in [-0.3, -0.25) is 4.79 Å². The van der Waals surface area contributed by atoms with Crippen molar-refractivity contribution in [3.63, 3.8) is 0 Å². The van der Waals surface area contributed by atoms with Gasteiger partial charge in [0.2, 0.25) is 0 Å². The van der Waals surface area contributed by atoms with Crippen molar-refractivity contribution < 1.29 is 14.7 Å². The van der Waals surface area contributed by atoms with Gasteiger partial charge in [-0.15, -0.1) is 0 Å². The van der Waals surface area contributed by atoms with Crippen molar-refractivity contribution in [2.45, 2.75) is 13.0 Å². The SMILES string of the molecule is O=C(O)CC1CN(C(=O)NCc2ccccc2Cl)C1. The van der Waals surface area contributed by atoms with Crippen molar-refractivity contribution >= 4 is 23.6 Å². The Hall–Kier alpha value is -1.75. The molecule has 1 aromatic rings. The molecule has 0 saturated carbocycles. The van der Waals surface area contributed by atoms with Gasteiger partial charge in [-0.2, -0.15) is 0 Å². The molecule has 0 aromatic heterocycles. The third-order valence-electron chi connectivity index (χ3n) is 3.10. The Morgan fingerprint density at radius 1 is 1.37 bits per heavy atom. The first kappa shape index (κ1) is 13.7. The molecule has 2 N–H and O–H groups in total. The summed E-state index contributed by atoms with van der Waals surface area (Å²) in [4.78, 5) is 23.9. The second-order valence-electron chi connectivity index (χ2n) is 4.62. The third-order valence-corrected chi connectivity index (χ3v) is 3.46. The summed E-state index contributed by atoms with van der Waals surface area (Å²) in [7, 11) is 0. The average Bonchev–Trinajstić information content (AvgIpc) is 2.31. The van der Waals surface area contributed by atoms with Gasteiger partial charge >= 0.3 is 12.0 Å². The van der Waals surface area contributed by atoms with E-state index < -0.39 is 5.97 Å². The predicted molar refractivity (Wildman–Crippen MR) is 71.0 cm³/mol. The van der Waals surface area contributed by atoms with Crippen LogP contribution in [0.5, 0.6) is 0 Å². The largest absolute Gasteiger partial charge is 0.481 e. The van der Waals surface area contributed by atoms with Crippen LogP contribution in [0.1, 0.15) is 12.0 Å². The molecule has 1 saturated heterocycles. The van der Waals surface area contributed by atoms with Crippen LogP contribution in [-0.4, -0.2) is 35.1 Å². The number of hydrogen-bond donors (Lipinski definition) is 2. The fourth-order valence-corrected chi connectivity index (χ4v) is 2.24. The van der Waals surface area contributed by atoms with Crippen LogP contribution in [0.4, 0.5) is 4.79 Å². The van der Waals surface area contributed by atoms with Crippen LogP contribution in [0.25, 0.3) is 0 Å². The number of hydrogen-bond acceptors (Lipinski definition) is 2. The van der Waals surface area contributed by atoms with Gasteiger partial charge in [0.25, 0.3) is 0 Å². The highest BCUT2D eigenvalue weighted by Crippen LogP contribution is 2.19. The minimum absolute atomic E-state index is 0.0727. The highest BCUT2D eigenvalue weighted by Gasteiger charge is 2.31. The number of nitrogens with zero attached hydrogens (tertiary/aromatic N) is 1. The molecule has 2 rings (SSSR count). The van der Waals surface area contributed by atoms with Gasteiger partial charge in [-0.1, -0.05) is 29.8 Å². The summed E-state index contributed by atoms with van der Waals surface area (Å²) < 4.78 is 0. The van der Waals surface area contributed by atoms with Gasteiger partial charge in [0.05, 0.1) is 6.42 Å². The zero-order valence-electron chi connectivity index (χ0n) is 10.3. The number of rotatable bonds is 4. The minimum Gasteiger partial charge on any atom is -0.481 e. The van der Waals surface area contributed by atoms with E-state index >= 15 is 0 Å². The Balaban J connectivity index is 1.75. The molecule has 1 aromatic carbocycles. The van der Waals surface area contributed by atoms with Crippen LogP contribution in [0.2, 0.25) is 5.02 Å². The lowest BCUT2D eigenvalue weighted by atomic mass is 9.97. The molecule has 0 radical (unpaired) electrons. The molecule has 2 amide bonds. The highest BCUT2D eigenvalue weighted by atomic mass is 35.5. The van der Waals surface area contributed by atoms with E-state index in [-0.39, 0.29) is 18.4 Å². The molecular formula is C13H15ClN2O3. The molecule has 5 nitrogen and oxygen atoms in total. The van der Waals surface area contributed by atoms with E-state index in [1.807, 2.05) is 18.2 Å². The molecule has 6 heteroatoms. The Morgan fingerprint density at radius 2 is 2.05 bits per heavy atom. The van der Waals surface area contributed by atoms with Gasteiger partial charge in [0, 0.05) is 30.6 Å². The predicted octanol–water partition coefficient (Wildman–Crippen LogP) is 1.96. The molecule has 0 spiro atoms. The monoisotopic (exact) mass is 282 g/mol. The number of benzene rings is 1. The Bertz CT molecular complexity index is 487. The van der Waals surface area contributed by atoms with E-state index in [9.17, 15) is 9.59 Å². The first-order chi connectivity index (χ1) is 9.06. The van der Waals surface area contributed by atoms with Crippen molar-refractivity contribution in [3.8, 4) is 0 Å². The summed E-state index contributed by atoms with van der Waals surface area (Å²) in [5.41, 5.74) is 0.861. The Morgan fingerprint density at radius 3 is 2.68 bits per heavy atom. The molecular weight excluding hydrogens is 268 g/mol. The number of nitrogens with one attached hydrogen (secondary N) is 1. The number of carbonyl (C=O) groups is 2. The molecule has 1 fully saturated rings. The van der Waals surface area contributed by atoms with Crippen LogP contribution in [0.3, 0.4) is 0 Å². The molecule has 0 bridgehead atoms. The molecule has 0 atom stereocenters.